The molecule has 0 fully saturated rings. The second-order valence-electron chi connectivity index (χ2n) is 11.5. The molecule has 3 aromatic heterocycles. The van der Waals surface area contributed by atoms with Crippen LogP contribution in [-0.2, 0) is 0 Å². The summed E-state index contributed by atoms with van der Waals surface area (Å²) >= 11 is -1.56. The molecule has 2 nitrogen and oxygen atoms in total. The van der Waals surface area contributed by atoms with Crippen molar-refractivity contribution in [3.05, 3.63) is 170 Å². The van der Waals surface area contributed by atoms with Gasteiger partial charge >= 0.3 is 270 Å². The van der Waals surface area contributed by atoms with Gasteiger partial charge in [-0.05, 0) is 0 Å². The van der Waals surface area contributed by atoms with Gasteiger partial charge in [-0.1, -0.05) is 0 Å². The van der Waals surface area contributed by atoms with Crippen LogP contribution in [0.1, 0.15) is 0 Å². The second-order valence-corrected chi connectivity index (χ2v) is 20.5. The Kier molecular flexibility index (Phi) is 6.22. The standard InChI is InChI=1S/C41H28GeN2S/c1-4-15-29(16-5-1)42(30-17-6-2-7-18-30,31-19-8-3-9-20-31)36-24-14-23-34-35-27-40(43-28-39(35)45-41(34)36)44-37-25-12-10-21-32(37)33-22-11-13-26-38(33)44/h1-28H. The van der Waals surface area contributed by atoms with Gasteiger partial charge in [0.2, 0.25) is 0 Å². The number of rotatable bonds is 5. The zero-order chi connectivity index (χ0) is 29.8. The summed E-state index contributed by atoms with van der Waals surface area (Å²) in [6, 6.07) is 60.3. The van der Waals surface area contributed by atoms with E-state index in [1.807, 2.05) is 11.3 Å². The second kappa shape index (κ2) is 10.6. The molecule has 4 heteroatoms. The van der Waals surface area contributed by atoms with Crippen LogP contribution in [-0.4, -0.2) is 22.8 Å². The summed E-state index contributed by atoms with van der Waals surface area (Å²) in [5.74, 6) is 0.951. The molecule has 9 aromatic rings. The fourth-order valence-corrected chi connectivity index (χ4v) is 19.6. The summed E-state index contributed by atoms with van der Waals surface area (Å²) < 4.78 is 10.7. The Labute approximate surface area is 268 Å². The molecule has 9 rings (SSSR count). The Morgan fingerprint density at radius 1 is 0.467 bits per heavy atom. The molecular weight excluding hydrogens is 625 g/mol. The van der Waals surface area contributed by atoms with Gasteiger partial charge in [0, 0.05) is 0 Å². The molecule has 0 N–H and O–H groups in total. The van der Waals surface area contributed by atoms with Crippen LogP contribution in [0.5, 0.6) is 0 Å². The fraction of sp³-hybridized carbons (Fsp3) is 0. The van der Waals surface area contributed by atoms with Crippen LogP contribution in [0.2, 0.25) is 0 Å². The number of hydrogen-bond acceptors (Lipinski definition) is 2. The maximum absolute atomic E-state index is 5.10. The van der Waals surface area contributed by atoms with E-state index in [0.29, 0.717) is 0 Å². The number of fused-ring (bicyclic) bond motifs is 6. The minimum atomic E-state index is -3.44. The van der Waals surface area contributed by atoms with Gasteiger partial charge in [-0.2, -0.15) is 0 Å². The van der Waals surface area contributed by atoms with E-state index in [-0.39, 0.29) is 0 Å². The van der Waals surface area contributed by atoms with Crippen molar-refractivity contribution in [1.82, 2.24) is 9.55 Å². The first kappa shape index (κ1) is 26.4. The van der Waals surface area contributed by atoms with Gasteiger partial charge in [-0.3, -0.25) is 0 Å². The van der Waals surface area contributed by atoms with Crippen LogP contribution in [0.4, 0.5) is 0 Å². The molecule has 0 aliphatic rings. The van der Waals surface area contributed by atoms with Gasteiger partial charge in [0.05, 0.1) is 0 Å². The molecule has 6 aromatic carbocycles. The van der Waals surface area contributed by atoms with Crippen molar-refractivity contribution in [3.8, 4) is 5.82 Å². The number of benzene rings is 6. The van der Waals surface area contributed by atoms with Gasteiger partial charge in [-0.25, -0.2) is 0 Å². The molecule has 0 aliphatic heterocycles. The topological polar surface area (TPSA) is 17.8 Å². The molecule has 212 valence electrons. The number of aromatic nitrogens is 2. The molecule has 0 saturated carbocycles. The summed E-state index contributed by atoms with van der Waals surface area (Å²) in [4.78, 5) is 5.10. The monoisotopic (exact) mass is 654 g/mol. The molecule has 45 heavy (non-hydrogen) atoms. The molecule has 0 bridgehead atoms. The van der Waals surface area contributed by atoms with E-state index in [4.69, 9.17) is 4.98 Å². The van der Waals surface area contributed by atoms with Crippen molar-refractivity contribution in [1.29, 1.82) is 0 Å². The van der Waals surface area contributed by atoms with Crippen molar-refractivity contribution >= 4 is 84.2 Å². The van der Waals surface area contributed by atoms with Crippen molar-refractivity contribution in [2.75, 3.05) is 0 Å². The van der Waals surface area contributed by atoms with Crippen LogP contribution < -0.4 is 17.6 Å². The van der Waals surface area contributed by atoms with E-state index in [1.54, 1.807) is 0 Å². The molecule has 0 spiro atoms. The van der Waals surface area contributed by atoms with Crippen LogP contribution in [0, 0.1) is 0 Å². The van der Waals surface area contributed by atoms with Gasteiger partial charge in [0.25, 0.3) is 0 Å². The third-order valence-corrected chi connectivity index (χ3v) is 20.9. The van der Waals surface area contributed by atoms with Crippen molar-refractivity contribution in [2.24, 2.45) is 0 Å². The average molecular weight is 653 g/mol. The third-order valence-electron chi connectivity index (χ3n) is 9.20. The molecule has 0 atom stereocenters. The van der Waals surface area contributed by atoms with Gasteiger partial charge in [0.15, 0.2) is 0 Å². The van der Waals surface area contributed by atoms with Gasteiger partial charge in [0.1, 0.15) is 0 Å². The molecule has 0 radical (unpaired) electrons. The summed E-state index contributed by atoms with van der Waals surface area (Å²) in [6.07, 6.45) is 2.09. The zero-order valence-corrected chi connectivity index (χ0v) is 27.4. The van der Waals surface area contributed by atoms with E-state index < -0.39 is 13.3 Å². The van der Waals surface area contributed by atoms with Gasteiger partial charge < -0.3 is 0 Å². The van der Waals surface area contributed by atoms with E-state index in [2.05, 4.69) is 175 Å². The minimum absolute atomic E-state index is 0.951. The Hall–Kier alpha value is -4.97. The Morgan fingerprint density at radius 3 is 1.51 bits per heavy atom. The third kappa shape index (κ3) is 3.98. The summed E-state index contributed by atoms with van der Waals surface area (Å²) in [7, 11) is 0. The Bertz CT molecular complexity index is 2330. The number of pyridine rings is 1. The van der Waals surface area contributed by atoms with Gasteiger partial charge in [-0.15, -0.1) is 0 Å². The SMILES string of the molecule is c1cc[c]([Ge]([c]2ccccc2)([c]2ccccc2)[c]2cccc3c2sc2cnc(-n4c5ccccc5c5ccccc54)cc23)cc1. The molecule has 0 unspecified atom stereocenters. The molecule has 3 heterocycles. The number of hydrogen-bond donors (Lipinski definition) is 0. The first-order valence-electron chi connectivity index (χ1n) is 15.3. The predicted molar refractivity (Wildman–Crippen MR) is 195 cm³/mol. The Morgan fingerprint density at radius 2 is 0.956 bits per heavy atom. The number of thiophene rings is 1. The van der Waals surface area contributed by atoms with Crippen molar-refractivity contribution in [2.45, 2.75) is 0 Å². The van der Waals surface area contributed by atoms with Crippen LogP contribution in [0.25, 0.3) is 47.8 Å². The molecule has 0 amide bonds. The van der Waals surface area contributed by atoms with E-state index in [0.717, 1.165) is 5.82 Å². The number of para-hydroxylation sites is 2. The molecule has 0 saturated heterocycles. The van der Waals surface area contributed by atoms with Crippen LogP contribution >= 0.6 is 11.3 Å². The summed E-state index contributed by atoms with van der Waals surface area (Å²) in [5, 5.41) is 5.06. The maximum atomic E-state index is 5.10. The van der Waals surface area contributed by atoms with E-state index in [9.17, 15) is 0 Å². The summed E-state index contributed by atoms with van der Waals surface area (Å²) in [6.45, 7) is 0. The van der Waals surface area contributed by atoms with Crippen LogP contribution in [0.3, 0.4) is 0 Å². The first-order valence-corrected chi connectivity index (χ1v) is 20.3. The van der Waals surface area contributed by atoms with E-state index >= 15 is 0 Å². The normalized spacial score (nSPS) is 12.0. The Balaban J connectivity index is 1.36. The molecular formula is C41H28GeN2S. The van der Waals surface area contributed by atoms with Crippen molar-refractivity contribution < 1.29 is 0 Å². The number of nitrogens with zero attached hydrogens (tertiary/aromatic N) is 2. The van der Waals surface area contributed by atoms with Crippen molar-refractivity contribution in [3.63, 3.8) is 0 Å². The average Bonchev–Trinajstić information content (AvgIpc) is 3.66. The summed E-state index contributed by atoms with van der Waals surface area (Å²) in [5.41, 5.74) is 2.36. The quantitative estimate of drug-likeness (QED) is 0.173. The van der Waals surface area contributed by atoms with E-state index in [1.165, 1.54) is 59.6 Å². The zero-order valence-electron chi connectivity index (χ0n) is 24.5. The van der Waals surface area contributed by atoms with Crippen LogP contribution in [0.15, 0.2) is 170 Å². The molecule has 0 aliphatic carbocycles. The fourth-order valence-electron chi connectivity index (χ4n) is 7.31. The predicted octanol–water partition coefficient (Wildman–Crippen LogP) is 7.92. The first-order chi connectivity index (χ1) is 22.3.